The van der Waals surface area contributed by atoms with Gasteiger partial charge in [0.25, 0.3) is 0 Å². The summed E-state index contributed by atoms with van der Waals surface area (Å²) in [6, 6.07) is 8.20. The van der Waals surface area contributed by atoms with Crippen LogP contribution in [0.3, 0.4) is 0 Å². The van der Waals surface area contributed by atoms with Crippen LogP contribution in [0.4, 0.5) is 0 Å². The van der Waals surface area contributed by atoms with Crippen LogP contribution >= 0.6 is 0 Å². The molecule has 0 aliphatic rings. The Labute approximate surface area is 132 Å². The number of hydrogen-bond acceptors (Lipinski definition) is 3. The topological polar surface area (TPSA) is 60.9 Å². The molecule has 5 nitrogen and oxygen atoms in total. The van der Waals surface area contributed by atoms with Crippen LogP contribution < -0.4 is 0 Å². The van der Waals surface area contributed by atoms with Gasteiger partial charge in [0.1, 0.15) is 0 Å². The van der Waals surface area contributed by atoms with E-state index in [0.717, 1.165) is 12.0 Å². The maximum atomic E-state index is 12.3. The van der Waals surface area contributed by atoms with E-state index < -0.39 is 5.97 Å². The van der Waals surface area contributed by atoms with E-state index in [2.05, 4.69) is 19.1 Å². The van der Waals surface area contributed by atoms with Gasteiger partial charge in [0, 0.05) is 19.6 Å². The van der Waals surface area contributed by atoms with Crippen LogP contribution in [0.5, 0.6) is 0 Å². The zero-order valence-electron chi connectivity index (χ0n) is 13.9. The molecule has 0 fully saturated rings. The van der Waals surface area contributed by atoms with Gasteiger partial charge in [-0.05, 0) is 31.4 Å². The molecule has 1 amide bonds. The first-order valence-corrected chi connectivity index (χ1v) is 7.61. The molecule has 0 saturated carbocycles. The highest BCUT2D eigenvalue weighted by Gasteiger charge is 2.19. The number of hydrogen-bond donors (Lipinski definition) is 1. The summed E-state index contributed by atoms with van der Waals surface area (Å²) in [4.78, 5) is 26.4. The molecule has 0 aromatic heterocycles. The largest absolute Gasteiger partial charge is 0.480 e. The lowest BCUT2D eigenvalue weighted by Gasteiger charge is -2.26. The highest BCUT2D eigenvalue weighted by molar-refractivity contribution is 5.79. The van der Waals surface area contributed by atoms with Crippen molar-refractivity contribution in [3.63, 3.8) is 0 Å². The molecule has 0 bridgehead atoms. The van der Waals surface area contributed by atoms with Gasteiger partial charge in [0.15, 0.2) is 0 Å². The van der Waals surface area contributed by atoms with Gasteiger partial charge in [-0.1, -0.05) is 31.2 Å². The Morgan fingerprint density at radius 2 is 1.64 bits per heavy atom. The number of aliphatic carboxylic acids is 1. The molecule has 0 aliphatic carbocycles. The van der Waals surface area contributed by atoms with Gasteiger partial charge in [-0.15, -0.1) is 0 Å². The second-order valence-electron chi connectivity index (χ2n) is 5.81. The van der Waals surface area contributed by atoms with Crippen molar-refractivity contribution in [3.8, 4) is 0 Å². The summed E-state index contributed by atoms with van der Waals surface area (Å²) in [5.41, 5.74) is 2.34. The van der Waals surface area contributed by atoms with E-state index in [1.807, 2.05) is 26.0 Å². The van der Waals surface area contributed by atoms with Crippen molar-refractivity contribution in [2.45, 2.75) is 39.8 Å². The third-order valence-corrected chi connectivity index (χ3v) is 3.68. The molecular weight excluding hydrogens is 280 g/mol. The molecule has 1 aromatic carbocycles. The molecule has 5 heteroatoms. The molecule has 0 unspecified atom stereocenters. The lowest BCUT2D eigenvalue weighted by atomic mass is 10.1. The maximum Gasteiger partial charge on any atom is 0.317 e. The lowest BCUT2D eigenvalue weighted by molar-refractivity contribution is -0.140. The van der Waals surface area contributed by atoms with E-state index in [1.165, 1.54) is 5.56 Å². The first kappa shape index (κ1) is 18.2. The highest BCUT2D eigenvalue weighted by Crippen LogP contribution is 2.08. The van der Waals surface area contributed by atoms with Crippen molar-refractivity contribution < 1.29 is 14.7 Å². The SMILES string of the molecule is CCc1ccc(CN(C)C(=O)CN(CC(=O)O)C(C)C)cc1. The fraction of sp³-hybridized carbons (Fsp3) is 0.529. The van der Waals surface area contributed by atoms with E-state index in [9.17, 15) is 9.59 Å². The Bertz CT molecular complexity index is 497. The second-order valence-corrected chi connectivity index (χ2v) is 5.81. The molecule has 0 radical (unpaired) electrons. The summed E-state index contributed by atoms with van der Waals surface area (Å²) in [6.07, 6.45) is 0.994. The van der Waals surface area contributed by atoms with Gasteiger partial charge in [-0.2, -0.15) is 0 Å². The van der Waals surface area contributed by atoms with Crippen molar-refractivity contribution in [1.82, 2.24) is 9.80 Å². The van der Waals surface area contributed by atoms with E-state index in [1.54, 1.807) is 16.8 Å². The number of carbonyl (C=O) groups is 2. The number of amides is 1. The third kappa shape index (κ3) is 5.85. The summed E-state index contributed by atoms with van der Waals surface area (Å²) in [6.45, 7) is 6.41. The first-order chi connectivity index (χ1) is 10.3. The van der Waals surface area contributed by atoms with Crippen LogP contribution in [0, 0.1) is 0 Å². The van der Waals surface area contributed by atoms with Gasteiger partial charge in [-0.3, -0.25) is 14.5 Å². The van der Waals surface area contributed by atoms with Crippen molar-refractivity contribution in [2.24, 2.45) is 0 Å². The molecule has 22 heavy (non-hydrogen) atoms. The molecule has 0 heterocycles. The molecule has 0 spiro atoms. The Morgan fingerprint density at radius 1 is 1.09 bits per heavy atom. The van der Waals surface area contributed by atoms with Crippen LogP contribution in [0.2, 0.25) is 0 Å². The van der Waals surface area contributed by atoms with Crippen molar-refractivity contribution in [2.75, 3.05) is 20.1 Å². The second kappa shape index (κ2) is 8.54. The van der Waals surface area contributed by atoms with E-state index in [-0.39, 0.29) is 25.0 Å². The zero-order valence-corrected chi connectivity index (χ0v) is 13.9. The number of aryl methyl sites for hydroxylation is 1. The Hall–Kier alpha value is -1.88. The quantitative estimate of drug-likeness (QED) is 0.798. The van der Waals surface area contributed by atoms with Crippen LogP contribution in [0.25, 0.3) is 0 Å². The molecule has 1 rings (SSSR count). The minimum atomic E-state index is -0.917. The average molecular weight is 306 g/mol. The van der Waals surface area contributed by atoms with Gasteiger partial charge in [0.05, 0.1) is 13.1 Å². The number of carboxylic acids is 1. The van der Waals surface area contributed by atoms with Gasteiger partial charge in [0.2, 0.25) is 5.91 Å². The fourth-order valence-corrected chi connectivity index (χ4v) is 2.13. The number of benzene rings is 1. The Balaban J connectivity index is 2.60. The molecule has 0 aliphatic heterocycles. The van der Waals surface area contributed by atoms with Gasteiger partial charge >= 0.3 is 5.97 Å². The molecule has 1 aromatic rings. The van der Waals surface area contributed by atoms with E-state index in [4.69, 9.17) is 5.11 Å². The zero-order chi connectivity index (χ0) is 16.7. The smallest absolute Gasteiger partial charge is 0.317 e. The van der Waals surface area contributed by atoms with Crippen LogP contribution in [-0.4, -0.2) is 53.0 Å². The van der Waals surface area contributed by atoms with Crippen molar-refractivity contribution >= 4 is 11.9 Å². The normalized spacial score (nSPS) is 11.0. The monoisotopic (exact) mass is 306 g/mol. The van der Waals surface area contributed by atoms with Crippen LogP contribution in [-0.2, 0) is 22.6 Å². The van der Waals surface area contributed by atoms with E-state index >= 15 is 0 Å². The molecular formula is C17H26N2O3. The maximum absolute atomic E-state index is 12.3. The minimum Gasteiger partial charge on any atom is -0.480 e. The highest BCUT2D eigenvalue weighted by atomic mass is 16.4. The number of rotatable bonds is 8. The average Bonchev–Trinajstić information content (AvgIpc) is 2.46. The van der Waals surface area contributed by atoms with Gasteiger partial charge < -0.3 is 10.0 Å². The number of likely N-dealkylation sites (N-methyl/N-ethyl adjacent to an activating group) is 1. The summed E-state index contributed by atoms with van der Waals surface area (Å²) < 4.78 is 0. The molecule has 0 saturated heterocycles. The van der Waals surface area contributed by atoms with Crippen LogP contribution in [0.15, 0.2) is 24.3 Å². The predicted octanol–water partition coefficient (Wildman–Crippen LogP) is 2.00. The number of nitrogens with zero attached hydrogens (tertiary/aromatic N) is 2. The Kier molecular flexibility index (Phi) is 7.05. The van der Waals surface area contributed by atoms with Gasteiger partial charge in [-0.25, -0.2) is 0 Å². The molecule has 122 valence electrons. The molecule has 1 N–H and O–H groups in total. The first-order valence-electron chi connectivity index (χ1n) is 7.61. The van der Waals surface area contributed by atoms with E-state index in [0.29, 0.717) is 6.54 Å². The van der Waals surface area contributed by atoms with Crippen LogP contribution in [0.1, 0.15) is 31.9 Å². The van der Waals surface area contributed by atoms with Crippen molar-refractivity contribution in [1.29, 1.82) is 0 Å². The standard InChI is InChI=1S/C17H26N2O3/c1-5-14-6-8-15(9-7-14)10-18(4)16(20)11-19(13(2)3)12-17(21)22/h6-9,13H,5,10-12H2,1-4H3,(H,21,22). The lowest BCUT2D eigenvalue weighted by Crippen LogP contribution is -2.43. The van der Waals surface area contributed by atoms with Crippen molar-refractivity contribution in [3.05, 3.63) is 35.4 Å². The molecule has 0 atom stereocenters. The number of carboxylic acid groups (broad SMARTS) is 1. The minimum absolute atomic E-state index is 0.0114. The fourth-order valence-electron chi connectivity index (χ4n) is 2.13. The summed E-state index contributed by atoms with van der Waals surface area (Å²) >= 11 is 0. The Morgan fingerprint density at radius 3 is 2.09 bits per heavy atom. The number of carbonyl (C=O) groups excluding carboxylic acids is 1. The summed E-state index contributed by atoms with van der Waals surface area (Å²) in [5, 5.41) is 8.90. The summed E-state index contributed by atoms with van der Waals surface area (Å²) in [7, 11) is 1.75. The summed E-state index contributed by atoms with van der Waals surface area (Å²) in [5.74, 6) is -0.992. The predicted molar refractivity (Wildman–Crippen MR) is 86.6 cm³/mol. The third-order valence-electron chi connectivity index (χ3n) is 3.68.